The third-order valence-electron chi connectivity index (χ3n) is 4.71. The van der Waals surface area contributed by atoms with Crippen LogP contribution in [-0.2, 0) is 17.8 Å². The minimum absolute atomic E-state index is 0.0442. The second kappa shape index (κ2) is 7.91. The number of anilines is 1. The minimum atomic E-state index is 0.0442. The van der Waals surface area contributed by atoms with Crippen LogP contribution >= 0.6 is 0 Å². The molecule has 136 valence electrons. The van der Waals surface area contributed by atoms with Crippen molar-refractivity contribution in [3.63, 3.8) is 0 Å². The van der Waals surface area contributed by atoms with E-state index in [0.717, 1.165) is 29.6 Å². The lowest BCUT2D eigenvalue weighted by Gasteiger charge is -2.11. The summed E-state index contributed by atoms with van der Waals surface area (Å²) < 4.78 is 1.85. The van der Waals surface area contributed by atoms with Crippen LogP contribution in [0.5, 0.6) is 0 Å². The van der Waals surface area contributed by atoms with Crippen LogP contribution in [0.2, 0.25) is 0 Å². The summed E-state index contributed by atoms with van der Waals surface area (Å²) in [7, 11) is 0. The lowest BCUT2D eigenvalue weighted by molar-refractivity contribution is -0.116. The monoisotopic (exact) mass is 358 g/mol. The molecule has 0 spiro atoms. The Hall–Kier alpha value is -3.34. The fourth-order valence-electron chi connectivity index (χ4n) is 3.34. The quantitative estimate of drug-likeness (QED) is 0.515. The fraction of sp³-hybridized carbons (Fsp3) is 0.182. The summed E-state index contributed by atoms with van der Waals surface area (Å²) in [6.45, 7) is 0.638. The summed E-state index contributed by atoms with van der Waals surface area (Å²) in [4.78, 5) is 15.7. The number of fused-ring (bicyclic) bond motifs is 1. The van der Waals surface area contributed by atoms with Crippen molar-refractivity contribution in [2.75, 3.05) is 5.32 Å². The lowest BCUT2D eigenvalue weighted by Crippen LogP contribution is -2.14. The third kappa shape index (κ3) is 4.08. The lowest BCUT2D eigenvalue weighted by atomic mass is 10.1. The molecule has 2 N–H and O–H groups in total. The number of hydrogen-bond donors (Lipinski definition) is 2. The third-order valence-corrected chi connectivity index (χ3v) is 4.71. The van der Waals surface area contributed by atoms with Crippen LogP contribution in [0.15, 0.2) is 73.2 Å². The predicted octanol–water partition coefficient (Wildman–Crippen LogP) is 4.37. The van der Waals surface area contributed by atoms with Crippen molar-refractivity contribution in [2.24, 2.45) is 0 Å². The minimum Gasteiger partial charge on any atom is -0.361 e. The van der Waals surface area contributed by atoms with E-state index < -0.39 is 0 Å². The molecule has 5 heteroatoms. The number of nitrogens with zero attached hydrogens (tertiary/aromatic N) is 2. The van der Waals surface area contributed by atoms with Gasteiger partial charge in [0.05, 0.1) is 6.54 Å². The molecule has 0 fully saturated rings. The summed E-state index contributed by atoms with van der Waals surface area (Å²) in [6, 6.07) is 18.0. The van der Waals surface area contributed by atoms with Crippen LogP contribution < -0.4 is 5.32 Å². The molecule has 0 aliphatic rings. The van der Waals surface area contributed by atoms with Gasteiger partial charge in [-0.15, -0.1) is 0 Å². The van der Waals surface area contributed by atoms with Gasteiger partial charge < -0.3 is 10.3 Å². The van der Waals surface area contributed by atoms with Gasteiger partial charge in [-0.05, 0) is 42.2 Å². The number of carbonyl (C=O) groups is 1. The molecule has 0 saturated carbocycles. The second-order valence-electron chi connectivity index (χ2n) is 6.62. The zero-order chi connectivity index (χ0) is 18.5. The maximum Gasteiger partial charge on any atom is 0.224 e. The first-order valence-electron chi connectivity index (χ1n) is 9.20. The van der Waals surface area contributed by atoms with Crippen molar-refractivity contribution in [3.05, 3.63) is 84.3 Å². The van der Waals surface area contributed by atoms with Gasteiger partial charge >= 0.3 is 0 Å². The molecule has 27 heavy (non-hydrogen) atoms. The smallest absolute Gasteiger partial charge is 0.224 e. The topological polar surface area (TPSA) is 62.7 Å². The number of hydrogen-bond acceptors (Lipinski definition) is 2. The summed E-state index contributed by atoms with van der Waals surface area (Å²) in [5.41, 5.74) is 4.30. The van der Waals surface area contributed by atoms with Crippen molar-refractivity contribution in [1.82, 2.24) is 14.8 Å². The molecule has 1 amide bonds. The van der Waals surface area contributed by atoms with Gasteiger partial charge in [-0.2, -0.15) is 5.10 Å². The molecule has 0 aliphatic carbocycles. The summed E-state index contributed by atoms with van der Waals surface area (Å²) in [6.07, 6.45) is 7.91. The van der Waals surface area contributed by atoms with E-state index in [1.165, 1.54) is 10.9 Å². The molecule has 0 radical (unpaired) electrons. The van der Waals surface area contributed by atoms with E-state index in [4.69, 9.17) is 0 Å². The Balaban J connectivity index is 1.34. The fourth-order valence-corrected chi connectivity index (χ4v) is 3.34. The largest absolute Gasteiger partial charge is 0.361 e. The number of amides is 1. The molecule has 0 bridgehead atoms. The maximum absolute atomic E-state index is 12.4. The SMILES string of the molecule is O=C(CCCc1c[nH]c2ccccc12)Nc1ccccc1Cn1cccn1. The zero-order valence-electron chi connectivity index (χ0n) is 15.1. The number of H-pyrrole nitrogens is 1. The molecular weight excluding hydrogens is 336 g/mol. The van der Waals surface area contributed by atoms with Gasteiger partial charge in [0.2, 0.25) is 5.91 Å². The molecule has 0 atom stereocenters. The first kappa shape index (κ1) is 17.1. The van der Waals surface area contributed by atoms with E-state index in [-0.39, 0.29) is 5.91 Å². The normalized spacial score (nSPS) is 11.0. The average Bonchev–Trinajstić information content (AvgIpc) is 3.34. The number of aromatic nitrogens is 3. The number of carbonyl (C=O) groups excluding carboxylic acids is 1. The van der Waals surface area contributed by atoms with Gasteiger partial charge in [0.1, 0.15) is 0 Å². The number of nitrogens with one attached hydrogen (secondary N) is 2. The van der Waals surface area contributed by atoms with Crippen molar-refractivity contribution in [1.29, 1.82) is 0 Å². The van der Waals surface area contributed by atoms with Gasteiger partial charge in [0.15, 0.2) is 0 Å². The number of para-hydroxylation sites is 2. The molecule has 2 heterocycles. The van der Waals surface area contributed by atoms with Gasteiger partial charge in [0.25, 0.3) is 0 Å². The van der Waals surface area contributed by atoms with Crippen molar-refractivity contribution in [3.8, 4) is 0 Å². The van der Waals surface area contributed by atoms with Gasteiger partial charge in [-0.25, -0.2) is 0 Å². The molecule has 0 aliphatic heterocycles. The van der Waals surface area contributed by atoms with E-state index in [9.17, 15) is 4.79 Å². The molecule has 0 saturated heterocycles. The highest BCUT2D eigenvalue weighted by molar-refractivity contribution is 5.91. The van der Waals surface area contributed by atoms with E-state index in [1.807, 2.05) is 59.5 Å². The Labute approximate surface area is 158 Å². The maximum atomic E-state index is 12.4. The van der Waals surface area contributed by atoms with Crippen LogP contribution in [0, 0.1) is 0 Å². The number of aryl methyl sites for hydroxylation is 1. The summed E-state index contributed by atoms with van der Waals surface area (Å²) in [5, 5.41) is 8.53. The van der Waals surface area contributed by atoms with Crippen LogP contribution in [0.1, 0.15) is 24.0 Å². The van der Waals surface area contributed by atoms with Crippen LogP contribution in [0.25, 0.3) is 10.9 Å². The van der Waals surface area contributed by atoms with E-state index >= 15 is 0 Å². The molecule has 2 aromatic heterocycles. The van der Waals surface area contributed by atoms with Gasteiger partial charge in [-0.3, -0.25) is 9.48 Å². The zero-order valence-corrected chi connectivity index (χ0v) is 15.1. The molecule has 2 aromatic carbocycles. The Kier molecular flexibility index (Phi) is 5.01. The molecule has 4 aromatic rings. The molecular formula is C22H22N4O. The molecule has 4 rings (SSSR count). The van der Waals surface area contributed by atoms with Gasteiger partial charge in [-0.1, -0.05) is 36.4 Å². The van der Waals surface area contributed by atoms with E-state index in [2.05, 4.69) is 27.5 Å². The Morgan fingerprint density at radius 3 is 2.78 bits per heavy atom. The van der Waals surface area contributed by atoms with E-state index in [0.29, 0.717) is 13.0 Å². The van der Waals surface area contributed by atoms with Gasteiger partial charge in [0, 0.05) is 41.6 Å². The van der Waals surface area contributed by atoms with Crippen molar-refractivity contribution >= 4 is 22.5 Å². The molecule has 5 nitrogen and oxygen atoms in total. The van der Waals surface area contributed by atoms with Crippen LogP contribution in [0.4, 0.5) is 5.69 Å². The Morgan fingerprint density at radius 1 is 1.04 bits per heavy atom. The number of benzene rings is 2. The first-order chi connectivity index (χ1) is 13.3. The number of aromatic amines is 1. The van der Waals surface area contributed by atoms with Crippen molar-refractivity contribution in [2.45, 2.75) is 25.8 Å². The van der Waals surface area contributed by atoms with Crippen LogP contribution in [-0.4, -0.2) is 20.7 Å². The van der Waals surface area contributed by atoms with E-state index in [1.54, 1.807) is 6.20 Å². The molecule has 0 unspecified atom stereocenters. The highest BCUT2D eigenvalue weighted by Gasteiger charge is 2.09. The Bertz CT molecular complexity index is 1030. The highest BCUT2D eigenvalue weighted by Crippen LogP contribution is 2.20. The first-order valence-corrected chi connectivity index (χ1v) is 9.20. The second-order valence-corrected chi connectivity index (χ2v) is 6.62. The van der Waals surface area contributed by atoms with Crippen LogP contribution in [0.3, 0.4) is 0 Å². The summed E-state index contributed by atoms with van der Waals surface area (Å²) >= 11 is 0. The number of rotatable bonds is 7. The average molecular weight is 358 g/mol. The Morgan fingerprint density at radius 2 is 1.89 bits per heavy atom. The highest BCUT2D eigenvalue weighted by atomic mass is 16.1. The van der Waals surface area contributed by atoms with Crippen molar-refractivity contribution < 1.29 is 4.79 Å². The summed E-state index contributed by atoms with van der Waals surface area (Å²) in [5.74, 6) is 0.0442. The standard InChI is InChI=1S/C22H22N4O/c27-22(12-5-8-17-15-23-21-11-4-2-9-19(17)21)25-20-10-3-1-7-18(20)16-26-14-6-13-24-26/h1-4,6-7,9-11,13-15,23H,5,8,12,16H2,(H,25,27). The predicted molar refractivity (Wildman–Crippen MR) is 108 cm³/mol.